The number of hydrogen-bond acceptors (Lipinski definition) is 3. The van der Waals surface area contributed by atoms with Gasteiger partial charge in [-0.3, -0.25) is 0 Å². The van der Waals surface area contributed by atoms with Gasteiger partial charge in [-0.05, 0) is 61.9 Å². The summed E-state index contributed by atoms with van der Waals surface area (Å²) in [6.07, 6.45) is 8.53. The van der Waals surface area contributed by atoms with Crippen LogP contribution in [0.15, 0.2) is 11.6 Å². The van der Waals surface area contributed by atoms with Crippen molar-refractivity contribution in [3.8, 4) is 0 Å². The molecule has 1 aromatic rings. The maximum absolute atomic E-state index is 4.53. The van der Waals surface area contributed by atoms with Crippen molar-refractivity contribution in [3.05, 3.63) is 16.6 Å². The lowest BCUT2D eigenvalue weighted by molar-refractivity contribution is 0.0971. The second-order valence-corrected chi connectivity index (χ2v) is 8.71. The minimum absolute atomic E-state index is 0.447. The molecular weight excluding hydrogens is 276 g/mol. The van der Waals surface area contributed by atoms with Gasteiger partial charge in [-0.2, -0.15) is 0 Å². The van der Waals surface area contributed by atoms with E-state index >= 15 is 0 Å². The molecule has 1 aromatic heterocycles. The van der Waals surface area contributed by atoms with E-state index in [1.54, 1.807) is 0 Å². The van der Waals surface area contributed by atoms with Crippen LogP contribution in [0.4, 0.5) is 0 Å². The monoisotopic (exact) mass is 308 g/mol. The van der Waals surface area contributed by atoms with Crippen LogP contribution in [-0.4, -0.2) is 18.1 Å². The standard InChI is InChI=1S/C18H32N2S/c1-5-8-19-13-14-6-7-16(18(2,3)4)11-15(14)12-17-20-9-10-21-17/h9-10,14-16,19H,5-8,11-13H2,1-4H3. The summed E-state index contributed by atoms with van der Waals surface area (Å²) >= 11 is 1.82. The molecule has 3 unspecified atom stereocenters. The highest BCUT2D eigenvalue weighted by Crippen LogP contribution is 2.43. The van der Waals surface area contributed by atoms with Gasteiger partial charge in [-0.25, -0.2) is 4.98 Å². The van der Waals surface area contributed by atoms with E-state index in [2.05, 4.69) is 43.4 Å². The van der Waals surface area contributed by atoms with Crippen molar-refractivity contribution in [1.82, 2.24) is 10.3 Å². The van der Waals surface area contributed by atoms with E-state index in [4.69, 9.17) is 0 Å². The summed E-state index contributed by atoms with van der Waals surface area (Å²) in [5.41, 5.74) is 0.447. The number of nitrogens with one attached hydrogen (secondary N) is 1. The largest absolute Gasteiger partial charge is 0.316 e. The topological polar surface area (TPSA) is 24.9 Å². The summed E-state index contributed by atoms with van der Waals surface area (Å²) < 4.78 is 0. The van der Waals surface area contributed by atoms with Gasteiger partial charge in [0.05, 0.1) is 5.01 Å². The lowest BCUT2D eigenvalue weighted by Crippen LogP contribution is -2.37. The third-order valence-electron chi connectivity index (χ3n) is 5.12. The Morgan fingerprint density at radius 1 is 1.29 bits per heavy atom. The summed E-state index contributed by atoms with van der Waals surface area (Å²) in [6, 6.07) is 0. The van der Waals surface area contributed by atoms with Gasteiger partial charge in [0, 0.05) is 18.0 Å². The maximum Gasteiger partial charge on any atom is 0.0927 e. The van der Waals surface area contributed by atoms with Crippen molar-refractivity contribution < 1.29 is 0 Å². The molecule has 0 bridgehead atoms. The second kappa shape index (κ2) is 7.73. The second-order valence-electron chi connectivity index (χ2n) is 7.73. The minimum Gasteiger partial charge on any atom is -0.316 e. The number of aromatic nitrogens is 1. The summed E-state index contributed by atoms with van der Waals surface area (Å²) in [7, 11) is 0. The Morgan fingerprint density at radius 3 is 2.71 bits per heavy atom. The molecule has 1 aliphatic rings. The van der Waals surface area contributed by atoms with Crippen LogP contribution in [-0.2, 0) is 6.42 Å². The van der Waals surface area contributed by atoms with E-state index < -0.39 is 0 Å². The molecule has 3 atom stereocenters. The van der Waals surface area contributed by atoms with Crippen molar-refractivity contribution in [2.45, 2.75) is 59.8 Å². The van der Waals surface area contributed by atoms with Crippen molar-refractivity contribution >= 4 is 11.3 Å². The molecule has 2 rings (SSSR count). The third-order valence-corrected chi connectivity index (χ3v) is 5.92. The number of hydrogen-bond donors (Lipinski definition) is 1. The number of thiazole rings is 1. The highest BCUT2D eigenvalue weighted by Gasteiger charge is 2.35. The molecule has 0 aliphatic heterocycles. The Morgan fingerprint density at radius 2 is 2.10 bits per heavy atom. The van der Waals surface area contributed by atoms with Gasteiger partial charge in [0.1, 0.15) is 0 Å². The average Bonchev–Trinajstić information content (AvgIpc) is 2.92. The van der Waals surface area contributed by atoms with Gasteiger partial charge in [0.15, 0.2) is 0 Å². The molecule has 1 aliphatic carbocycles. The third kappa shape index (κ3) is 5.07. The first-order chi connectivity index (χ1) is 10.0. The lowest BCUT2D eigenvalue weighted by atomic mass is 9.65. The highest BCUT2D eigenvalue weighted by atomic mass is 32.1. The Balaban J connectivity index is 1.98. The van der Waals surface area contributed by atoms with E-state index in [9.17, 15) is 0 Å². The van der Waals surface area contributed by atoms with E-state index in [0.717, 1.165) is 24.3 Å². The Bertz CT molecular complexity index is 394. The average molecular weight is 309 g/mol. The van der Waals surface area contributed by atoms with Gasteiger partial charge in [-0.1, -0.05) is 27.7 Å². The SMILES string of the molecule is CCCNCC1CCC(C(C)(C)C)CC1Cc1nccs1. The summed E-state index contributed by atoms with van der Waals surface area (Å²) in [5, 5.41) is 7.09. The smallest absolute Gasteiger partial charge is 0.0927 e. The zero-order valence-electron chi connectivity index (χ0n) is 14.2. The van der Waals surface area contributed by atoms with Crippen LogP contribution in [0, 0.1) is 23.2 Å². The van der Waals surface area contributed by atoms with Crippen LogP contribution in [0.25, 0.3) is 0 Å². The molecule has 1 fully saturated rings. The fourth-order valence-corrected chi connectivity index (χ4v) is 4.39. The van der Waals surface area contributed by atoms with Crippen LogP contribution in [0.1, 0.15) is 58.4 Å². The molecule has 3 heteroatoms. The number of rotatable bonds is 6. The van der Waals surface area contributed by atoms with Crippen molar-refractivity contribution in [3.63, 3.8) is 0 Å². The van der Waals surface area contributed by atoms with E-state index in [1.807, 2.05) is 17.5 Å². The van der Waals surface area contributed by atoms with Crippen LogP contribution in [0.3, 0.4) is 0 Å². The molecule has 1 heterocycles. The Kier molecular flexibility index (Phi) is 6.24. The molecule has 1 saturated carbocycles. The molecule has 2 nitrogen and oxygen atoms in total. The van der Waals surface area contributed by atoms with Gasteiger partial charge < -0.3 is 5.32 Å². The molecule has 0 radical (unpaired) electrons. The van der Waals surface area contributed by atoms with E-state index in [0.29, 0.717) is 5.41 Å². The maximum atomic E-state index is 4.53. The quantitative estimate of drug-likeness (QED) is 0.766. The van der Waals surface area contributed by atoms with Gasteiger partial charge in [-0.15, -0.1) is 11.3 Å². The molecule has 1 N–H and O–H groups in total. The van der Waals surface area contributed by atoms with Crippen LogP contribution in [0.2, 0.25) is 0 Å². The van der Waals surface area contributed by atoms with Crippen LogP contribution < -0.4 is 5.32 Å². The summed E-state index contributed by atoms with van der Waals surface area (Å²) in [4.78, 5) is 4.53. The summed E-state index contributed by atoms with van der Waals surface area (Å²) in [5.74, 6) is 2.50. The fraction of sp³-hybridized carbons (Fsp3) is 0.833. The normalized spacial score (nSPS) is 27.0. The Labute approximate surface area is 134 Å². The fourth-order valence-electron chi connectivity index (χ4n) is 3.67. The molecule has 0 amide bonds. The predicted molar refractivity (Wildman–Crippen MR) is 92.8 cm³/mol. The molecule has 0 saturated heterocycles. The zero-order chi connectivity index (χ0) is 15.3. The molecule has 0 aromatic carbocycles. The van der Waals surface area contributed by atoms with Crippen molar-refractivity contribution in [1.29, 1.82) is 0 Å². The van der Waals surface area contributed by atoms with Gasteiger partial charge in [0.25, 0.3) is 0 Å². The molecular formula is C18H32N2S. The highest BCUT2D eigenvalue weighted by molar-refractivity contribution is 7.09. The van der Waals surface area contributed by atoms with Gasteiger partial charge >= 0.3 is 0 Å². The minimum atomic E-state index is 0.447. The van der Waals surface area contributed by atoms with Gasteiger partial charge in [0.2, 0.25) is 0 Å². The molecule has 21 heavy (non-hydrogen) atoms. The van der Waals surface area contributed by atoms with Crippen molar-refractivity contribution in [2.75, 3.05) is 13.1 Å². The van der Waals surface area contributed by atoms with E-state index in [-0.39, 0.29) is 0 Å². The predicted octanol–water partition coefficient (Wildman–Crippen LogP) is 4.76. The van der Waals surface area contributed by atoms with Crippen LogP contribution >= 0.6 is 11.3 Å². The first-order valence-electron chi connectivity index (χ1n) is 8.59. The van der Waals surface area contributed by atoms with Crippen molar-refractivity contribution in [2.24, 2.45) is 23.2 Å². The molecule has 0 spiro atoms. The first-order valence-corrected chi connectivity index (χ1v) is 9.47. The van der Waals surface area contributed by atoms with E-state index in [1.165, 1.54) is 43.7 Å². The first kappa shape index (κ1) is 17.0. The molecule has 120 valence electrons. The zero-order valence-corrected chi connectivity index (χ0v) is 15.0. The summed E-state index contributed by atoms with van der Waals surface area (Å²) in [6.45, 7) is 11.8. The number of nitrogens with zero attached hydrogens (tertiary/aromatic N) is 1. The Hall–Kier alpha value is -0.410. The van der Waals surface area contributed by atoms with Crippen LogP contribution in [0.5, 0.6) is 0 Å². The lowest BCUT2D eigenvalue weighted by Gasteiger charge is -2.42.